The highest BCUT2D eigenvalue weighted by molar-refractivity contribution is 5.38. The number of aromatic amines is 1. The van der Waals surface area contributed by atoms with E-state index in [1.165, 1.54) is 0 Å². The smallest absolute Gasteiger partial charge is 0.179 e. The lowest BCUT2D eigenvalue weighted by molar-refractivity contribution is 0.0442. The fourth-order valence-corrected chi connectivity index (χ4v) is 1.11. The van der Waals surface area contributed by atoms with E-state index in [1.807, 2.05) is 13.8 Å². The lowest BCUT2D eigenvalue weighted by Crippen LogP contribution is -2.34. The van der Waals surface area contributed by atoms with Crippen LogP contribution in [0.5, 0.6) is 11.5 Å². The minimum absolute atomic E-state index is 0.137. The predicted octanol–water partition coefficient (Wildman–Crippen LogP) is 1.56. The number of aromatic nitrogens is 1. The Bertz CT molecular complexity index is 232. The fourth-order valence-electron chi connectivity index (χ4n) is 1.11. The van der Waals surface area contributed by atoms with Gasteiger partial charge in [0.2, 0.25) is 0 Å². The third kappa shape index (κ3) is 0.964. The molecule has 1 aromatic heterocycles. The van der Waals surface area contributed by atoms with Crippen molar-refractivity contribution in [3.8, 4) is 11.5 Å². The molecule has 2 rings (SSSR count). The number of hydrogen-bond donors (Lipinski definition) is 1. The maximum Gasteiger partial charge on any atom is 0.179 e. The van der Waals surface area contributed by atoms with E-state index in [4.69, 9.17) is 9.47 Å². The van der Waals surface area contributed by atoms with Crippen molar-refractivity contribution in [3.05, 3.63) is 12.4 Å². The Morgan fingerprint density at radius 1 is 1.09 bits per heavy atom. The van der Waals surface area contributed by atoms with Crippen molar-refractivity contribution in [2.24, 2.45) is 0 Å². The van der Waals surface area contributed by atoms with Gasteiger partial charge in [0.05, 0.1) is 0 Å². The standard InChI is InChI=1S/C8H11NO2/c1-5-6(2)11-8-4-9-3-7(8)10-5/h3-6,9H,1-2H3/t5-,6+. The molecule has 0 amide bonds. The molecule has 0 aromatic carbocycles. The van der Waals surface area contributed by atoms with Crippen molar-refractivity contribution >= 4 is 0 Å². The van der Waals surface area contributed by atoms with Crippen molar-refractivity contribution in [3.63, 3.8) is 0 Å². The summed E-state index contributed by atoms with van der Waals surface area (Å²) in [5.41, 5.74) is 0. The molecule has 1 aliphatic rings. The zero-order chi connectivity index (χ0) is 7.84. The molecular formula is C8H11NO2. The first-order valence-electron chi connectivity index (χ1n) is 3.77. The van der Waals surface area contributed by atoms with Gasteiger partial charge in [0.15, 0.2) is 11.5 Å². The van der Waals surface area contributed by atoms with Crippen LogP contribution in [0, 0.1) is 0 Å². The van der Waals surface area contributed by atoms with Crippen LogP contribution in [0.15, 0.2) is 12.4 Å². The Hall–Kier alpha value is -1.12. The lowest BCUT2D eigenvalue weighted by Gasteiger charge is -2.27. The first-order valence-corrected chi connectivity index (χ1v) is 3.77. The van der Waals surface area contributed by atoms with Gasteiger partial charge in [-0.2, -0.15) is 0 Å². The van der Waals surface area contributed by atoms with Crippen LogP contribution in [0.4, 0.5) is 0 Å². The second-order valence-electron chi connectivity index (χ2n) is 2.83. The normalized spacial score (nSPS) is 28.5. The van der Waals surface area contributed by atoms with E-state index >= 15 is 0 Å². The third-order valence-corrected chi connectivity index (χ3v) is 1.96. The third-order valence-electron chi connectivity index (χ3n) is 1.96. The molecular weight excluding hydrogens is 142 g/mol. The summed E-state index contributed by atoms with van der Waals surface area (Å²) in [5, 5.41) is 0. The van der Waals surface area contributed by atoms with Gasteiger partial charge in [0, 0.05) is 12.4 Å². The summed E-state index contributed by atoms with van der Waals surface area (Å²) in [5.74, 6) is 1.63. The number of hydrogen-bond acceptors (Lipinski definition) is 2. The van der Waals surface area contributed by atoms with E-state index in [1.54, 1.807) is 12.4 Å². The quantitative estimate of drug-likeness (QED) is 0.613. The molecule has 0 fully saturated rings. The second-order valence-corrected chi connectivity index (χ2v) is 2.83. The van der Waals surface area contributed by atoms with Gasteiger partial charge in [-0.25, -0.2) is 0 Å². The molecule has 1 N–H and O–H groups in total. The SMILES string of the molecule is C[C@@H]1Oc2c[nH]cc2O[C@@H]1C. The van der Waals surface area contributed by atoms with Gasteiger partial charge >= 0.3 is 0 Å². The van der Waals surface area contributed by atoms with Crippen LogP contribution in [0.2, 0.25) is 0 Å². The van der Waals surface area contributed by atoms with E-state index in [0.29, 0.717) is 0 Å². The molecule has 11 heavy (non-hydrogen) atoms. The van der Waals surface area contributed by atoms with Crippen molar-refractivity contribution in [2.75, 3.05) is 0 Å². The van der Waals surface area contributed by atoms with Crippen molar-refractivity contribution in [1.82, 2.24) is 4.98 Å². The second kappa shape index (κ2) is 2.19. The van der Waals surface area contributed by atoms with Crippen LogP contribution in [0.25, 0.3) is 0 Å². The van der Waals surface area contributed by atoms with Crippen LogP contribution in [0.1, 0.15) is 13.8 Å². The molecule has 0 saturated carbocycles. The zero-order valence-electron chi connectivity index (χ0n) is 6.63. The van der Waals surface area contributed by atoms with Crippen LogP contribution < -0.4 is 9.47 Å². The average molecular weight is 153 g/mol. The first-order chi connectivity index (χ1) is 5.27. The molecule has 0 unspecified atom stereocenters. The Kier molecular flexibility index (Phi) is 1.31. The fraction of sp³-hybridized carbons (Fsp3) is 0.500. The molecule has 60 valence electrons. The number of H-pyrrole nitrogens is 1. The maximum atomic E-state index is 5.53. The van der Waals surface area contributed by atoms with Gasteiger partial charge in [-0.1, -0.05) is 0 Å². The summed E-state index contributed by atoms with van der Waals surface area (Å²) in [7, 11) is 0. The van der Waals surface area contributed by atoms with Gasteiger partial charge < -0.3 is 14.5 Å². The van der Waals surface area contributed by atoms with Gasteiger partial charge in [-0.15, -0.1) is 0 Å². The molecule has 0 radical (unpaired) electrons. The van der Waals surface area contributed by atoms with E-state index in [0.717, 1.165) is 11.5 Å². The topological polar surface area (TPSA) is 34.2 Å². The summed E-state index contributed by atoms with van der Waals surface area (Å²) in [4.78, 5) is 2.93. The number of fused-ring (bicyclic) bond motifs is 1. The summed E-state index contributed by atoms with van der Waals surface area (Å²) in [6.07, 6.45) is 3.88. The van der Waals surface area contributed by atoms with Gasteiger partial charge in [0.25, 0.3) is 0 Å². The molecule has 0 aliphatic carbocycles. The Morgan fingerprint density at radius 3 is 2.00 bits per heavy atom. The first kappa shape index (κ1) is 6.58. The molecule has 0 saturated heterocycles. The lowest BCUT2D eigenvalue weighted by atomic mass is 10.2. The molecule has 1 aromatic rings. The zero-order valence-corrected chi connectivity index (χ0v) is 6.63. The molecule has 0 bridgehead atoms. The van der Waals surface area contributed by atoms with Crippen LogP contribution in [0.3, 0.4) is 0 Å². The van der Waals surface area contributed by atoms with Crippen molar-refractivity contribution in [2.45, 2.75) is 26.1 Å². The Morgan fingerprint density at radius 2 is 1.55 bits per heavy atom. The van der Waals surface area contributed by atoms with E-state index in [2.05, 4.69) is 4.98 Å². The highest BCUT2D eigenvalue weighted by atomic mass is 16.6. The summed E-state index contributed by atoms with van der Waals surface area (Å²) < 4.78 is 11.1. The molecule has 3 nitrogen and oxygen atoms in total. The van der Waals surface area contributed by atoms with Crippen molar-refractivity contribution in [1.29, 1.82) is 0 Å². The van der Waals surface area contributed by atoms with E-state index in [9.17, 15) is 0 Å². The molecule has 1 aliphatic heterocycles. The monoisotopic (exact) mass is 153 g/mol. The Labute approximate surface area is 65.3 Å². The number of ether oxygens (including phenoxy) is 2. The highest BCUT2D eigenvalue weighted by Crippen LogP contribution is 2.32. The van der Waals surface area contributed by atoms with Crippen LogP contribution >= 0.6 is 0 Å². The van der Waals surface area contributed by atoms with Gasteiger partial charge in [-0.05, 0) is 13.8 Å². The molecule has 2 heterocycles. The van der Waals surface area contributed by atoms with E-state index in [-0.39, 0.29) is 12.2 Å². The number of nitrogens with one attached hydrogen (secondary N) is 1. The van der Waals surface area contributed by atoms with Crippen LogP contribution in [-0.2, 0) is 0 Å². The predicted molar refractivity (Wildman–Crippen MR) is 41.0 cm³/mol. The summed E-state index contributed by atoms with van der Waals surface area (Å²) in [6, 6.07) is 0. The minimum Gasteiger partial charge on any atom is -0.481 e. The summed E-state index contributed by atoms with van der Waals surface area (Å²) >= 11 is 0. The molecule has 3 heteroatoms. The maximum absolute atomic E-state index is 5.53. The highest BCUT2D eigenvalue weighted by Gasteiger charge is 2.24. The number of rotatable bonds is 0. The summed E-state index contributed by atoms with van der Waals surface area (Å²) in [6.45, 7) is 4.00. The molecule has 2 atom stereocenters. The molecule has 0 spiro atoms. The van der Waals surface area contributed by atoms with Gasteiger partial charge in [0.1, 0.15) is 12.2 Å². The van der Waals surface area contributed by atoms with Gasteiger partial charge in [-0.3, -0.25) is 0 Å². The minimum atomic E-state index is 0.137. The average Bonchev–Trinajstić information content (AvgIpc) is 2.36. The van der Waals surface area contributed by atoms with Crippen LogP contribution in [-0.4, -0.2) is 17.2 Å². The van der Waals surface area contributed by atoms with E-state index < -0.39 is 0 Å². The largest absolute Gasteiger partial charge is 0.481 e. The van der Waals surface area contributed by atoms with Crippen molar-refractivity contribution < 1.29 is 9.47 Å². The Balaban J connectivity index is 2.30.